The van der Waals surface area contributed by atoms with Gasteiger partial charge in [0.15, 0.2) is 0 Å². The molecule has 3 heteroatoms. The van der Waals surface area contributed by atoms with Crippen LogP contribution < -0.4 is 10.1 Å². The van der Waals surface area contributed by atoms with Crippen LogP contribution in [0.15, 0.2) is 24.3 Å². The third-order valence-corrected chi connectivity index (χ3v) is 3.65. The zero-order valence-corrected chi connectivity index (χ0v) is 11.8. The summed E-state index contributed by atoms with van der Waals surface area (Å²) >= 11 is 0. The van der Waals surface area contributed by atoms with Gasteiger partial charge < -0.3 is 15.2 Å². The maximum atomic E-state index is 9.49. The second-order valence-corrected chi connectivity index (χ2v) is 5.46. The second kappa shape index (κ2) is 7.51. The average Bonchev–Trinajstić information content (AvgIpc) is 2.83. The van der Waals surface area contributed by atoms with Crippen molar-refractivity contribution in [3.63, 3.8) is 0 Å². The predicted molar refractivity (Wildman–Crippen MR) is 77.3 cm³/mol. The highest BCUT2D eigenvalue weighted by Gasteiger charge is 2.21. The highest BCUT2D eigenvalue weighted by molar-refractivity contribution is 5.28. The molecule has 0 saturated heterocycles. The summed E-state index contributed by atoms with van der Waals surface area (Å²) in [5, 5.41) is 13.0. The van der Waals surface area contributed by atoms with E-state index in [4.69, 9.17) is 4.74 Å². The van der Waals surface area contributed by atoms with Crippen molar-refractivity contribution in [2.45, 2.75) is 45.3 Å². The Morgan fingerprint density at radius 2 is 2.26 bits per heavy atom. The van der Waals surface area contributed by atoms with Crippen molar-refractivity contribution in [1.29, 1.82) is 0 Å². The van der Waals surface area contributed by atoms with Gasteiger partial charge in [-0.05, 0) is 55.8 Å². The minimum atomic E-state index is -0.0717. The van der Waals surface area contributed by atoms with Gasteiger partial charge in [-0.15, -0.1) is 0 Å². The van der Waals surface area contributed by atoms with Gasteiger partial charge in [0, 0.05) is 6.54 Å². The number of hydrogen-bond donors (Lipinski definition) is 2. The maximum absolute atomic E-state index is 9.49. The normalized spacial score (nSPS) is 22.6. The highest BCUT2D eigenvalue weighted by atomic mass is 16.5. The number of benzene rings is 1. The van der Waals surface area contributed by atoms with Crippen LogP contribution in [-0.4, -0.2) is 24.4 Å². The summed E-state index contributed by atoms with van der Waals surface area (Å²) in [4.78, 5) is 0. The van der Waals surface area contributed by atoms with E-state index in [2.05, 4.69) is 24.4 Å². The van der Waals surface area contributed by atoms with Gasteiger partial charge in [0.05, 0.1) is 12.7 Å². The molecule has 0 aliphatic heterocycles. The number of ether oxygens (including phenoxy) is 1. The Morgan fingerprint density at radius 3 is 3.00 bits per heavy atom. The lowest BCUT2D eigenvalue weighted by Crippen LogP contribution is -2.21. The quantitative estimate of drug-likeness (QED) is 0.795. The maximum Gasteiger partial charge on any atom is 0.119 e. The molecule has 0 amide bonds. The van der Waals surface area contributed by atoms with Crippen LogP contribution in [0.3, 0.4) is 0 Å². The molecule has 19 heavy (non-hydrogen) atoms. The molecule has 1 aliphatic rings. The molecule has 1 aromatic carbocycles. The predicted octanol–water partition coefficient (Wildman–Crippen LogP) is 2.73. The van der Waals surface area contributed by atoms with E-state index in [0.29, 0.717) is 5.92 Å². The smallest absolute Gasteiger partial charge is 0.119 e. The fourth-order valence-electron chi connectivity index (χ4n) is 2.62. The molecule has 1 aliphatic carbocycles. The van der Waals surface area contributed by atoms with E-state index < -0.39 is 0 Å². The summed E-state index contributed by atoms with van der Waals surface area (Å²) in [5.74, 6) is 1.59. The van der Waals surface area contributed by atoms with E-state index in [1.165, 1.54) is 5.56 Å². The Morgan fingerprint density at radius 1 is 1.37 bits per heavy atom. The van der Waals surface area contributed by atoms with Crippen LogP contribution in [0.1, 0.15) is 38.2 Å². The monoisotopic (exact) mass is 263 g/mol. The summed E-state index contributed by atoms with van der Waals surface area (Å²) in [7, 11) is 0. The fourth-order valence-corrected chi connectivity index (χ4v) is 2.62. The lowest BCUT2D eigenvalue weighted by Gasteiger charge is -2.11. The van der Waals surface area contributed by atoms with Crippen LogP contribution >= 0.6 is 0 Å². The Balaban J connectivity index is 1.73. The number of nitrogens with one attached hydrogen (secondary N) is 1. The molecule has 2 unspecified atom stereocenters. The van der Waals surface area contributed by atoms with Gasteiger partial charge in [-0.2, -0.15) is 0 Å². The standard InChI is InChI=1S/C16H25NO2/c1-2-8-19-16-5-3-4-13(10-16)11-17-12-14-6-7-15(18)9-14/h3-5,10,14-15,17-18H,2,6-9,11-12H2,1H3. The van der Waals surface area contributed by atoms with Crippen LogP contribution in [0.4, 0.5) is 0 Å². The van der Waals surface area contributed by atoms with Crippen LogP contribution in [0.5, 0.6) is 5.75 Å². The molecule has 0 spiro atoms. The third kappa shape index (κ3) is 4.84. The zero-order chi connectivity index (χ0) is 13.5. The number of aliphatic hydroxyl groups is 1. The van der Waals surface area contributed by atoms with Crippen LogP contribution in [-0.2, 0) is 6.54 Å². The summed E-state index contributed by atoms with van der Waals surface area (Å²) in [6, 6.07) is 8.27. The first-order valence-electron chi connectivity index (χ1n) is 7.38. The van der Waals surface area contributed by atoms with Crippen LogP contribution in [0.25, 0.3) is 0 Å². The minimum absolute atomic E-state index is 0.0717. The summed E-state index contributed by atoms with van der Waals surface area (Å²) in [5.41, 5.74) is 1.26. The van der Waals surface area contributed by atoms with E-state index in [-0.39, 0.29) is 6.10 Å². The van der Waals surface area contributed by atoms with Gasteiger partial charge in [0.25, 0.3) is 0 Å². The van der Waals surface area contributed by atoms with Crippen LogP contribution in [0.2, 0.25) is 0 Å². The van der Waals surface area contributed by atoms with Crippen molar-refractivity contribution in [3.05, 3.63) is 29.8 Å². The molecule has 2 N–H and O–H groups in total. The van der Waals surface area contributed by atoms with E-state index in [1.54, 1.807) is 0 Å². The largest absolute Gasteiger partial charge is 0.494 e. The Labute approximate surface area is 116 Å². The van der Waals surface area contributed by atoms with Gasteiger partial charge in [-0.1, -0.05) is 19.1 Å². The van der Waals surface area contributed by atoms with Crippen LogP contribution in [0, 0.1) is 5.92 Å². The molecule has 1 fully saturated rings. The van der Waals surface area contributed by atoms with Gasteiger partial charge in [-0.3, -0.25) is 0 Å². The van der Waals surface area contributed by atoms with Crippen molar-refractivity contribution in [2.75, 3.05) is 13.2 Å². The molecule has 1 saturated carbocycles. The fraction of sp³-hybridized carbons (Fsp3) is 0.625. The Bertz CT molecular complexity index is 381. The minimum Gasteiger partial charge on any atom is -0.494 e. The van der Waals surface area contributed by atoms with Crippen molar-refractivity contribution in [1.82, 2.24) is 5.32 Å². The van der Waals surface area contributed by atoms with Gasteiger partial charge in [0.1, 0.15) is 5.75 Å². The lowest BCUT2D eigenvalue weighted by molar-refractivity contribution is 0.177. The van der Waals surface area contributed by atoms with E-state index in [1.807, 2.05) is 12.1 Å². The molecule has 0 bridgehead atoms. The van der Waals surface area contributed by atoms with Crippen molar-refractivity contribution >= 4 is 0 Å². The molecule has 3 nitrogen and oxygen atoms in total. The molecular weight excluding hydrogens is 238 g/mol. The van der Waals surface area contributed by atoms with Gasteiger partial charge >= 0.3 is 0 Å². The molecule has 106 valence electrons. The summed E-state index contributed by atoms with van der Waals surface area (Å²) < 4.78 is 5.63. The molecule has 0 heterocycles. The zero-order valence-electron chi connectivity index (χ0n) is 11.8. The van der Waals surface area contributed by atoms with Gasteiger partial charge in [-0.25, -0.2) is 0 Å². The highest BCUT2D eigenvalue weighted by Crippen LogP contribution is 2.24. The molecule has 1 aromatic rings. The number of rotatable bonds is 7. The lowest BCUT2D eigenvalue weighted by atomic mass is 10.1. The summed E-state index contributed by atoms with van der Waals surface area (Å²) in [6.07, 6.45) is 4.03. The van der Waals surface area contributed by atoms with E-state index >= 15 is 0 Å². The van der Waals surface area contributed by atoms with E-state index in [9.17, 15) is 5.11 Å². The topological polar surface area (TPSA) is 41.5 Å². The first-order valence-corrected chi connectivity index (χ1v) is 7.38. The Hall–Kier alpha value is -1.06. The van der Waals surface area contributed by atoms with Crippen molar-refractivity contribution in [2.24, 2.45) is 5.92 Å². The van der Waals surface area contributed by atoms with Crippen molar-refractivity contribution < 1.29 is 9.84 Å². The summed E-state index contributed by atoms with van der Waals surface area (Å²) in [6.45, 7) is 4.76. The third-order valence-electron chi connectivity index (χ3n) is 3.65. The average molecular weight is 263 g/mol. The molecular formula is C16H25NO2. The first kappa shape index (κ1) is 14.4. The Kier molecular flexibility index (Phi) is 5.67. The number of hydrogen-bond acceptors (Lipinski definition) is 3. The number of aliphatic hydroxyl groups excluding tert-OH is 1. The van der Waals surface area contributed by atoms with Gasteiger partial charge in [0.2, 0.25) is 0 Å². The van der Waals surface area contributed by atoms with E-state index in [0.717, 1.165) is 51.1 Å². The second-order valence-electron chi connectivity index (χ2n) is 5.46. The first-order chi connectivity index (χ1) is 9.28. The van der Waals surface area contributed by atoms with Crippen molar-refractivity contribution in [3.8, 4) is 5.75 Å². The molecule has 2 atom stereocenters. The SMILES string of the molecule is CCCOc1cccc(CNCC2CCC(O)C2)c1. The molecule has 0 radical (unpaired) electrons. The molecule has 2 rings (SSSR count). The molecule has 0 aromatic heterocycles.